The van der Waals surface area contributed by atoms with Gasteiger partial charge in [0.15, 0.2) is 0 Å². The summed E-state index contributed by atoms with van der Waals surface area (Å²) in [6.07, 6.45) is 7.92. The van der Waals surface area contributed by atoms with Crippen LogP contribution in [-0.4, -0.2) is 4.98 Å². The minimum atomic E-state index is 1.20. The molecule has 0 unspecified atom stereocenters. The highest BCUT2D eigenvalue weighted by Gasteiger charge is 2.09. The second-order valence-electron chi connectivity index (χ2n) is 3.29. The van der Waals surface area contributed by atoms with Crippen molar-refractivity contribution >= 4 is 5.57 Å². The molecule has 0 aromatic carbocycles. The van der Waals surface area contributed by atoms with E-state index in [2.05, 4.69) is 24.1 Å². The second kappa shape index (κ2) is 3.10. The Kier molecular flexibility index (Phi) is 1.94. The Hall–Kier alpha value is -1.11. The van der Waals surface area contributed by atoms with Gasteiger partial charge >= 0.3 is 0 Å². The van der Waals surface area contributed by atoms with Crippen LogP contribution in [0.25, 0.3) is 5.57 Å². The molecule has 0 fully saturated rings. The van der Waals surface area contributed by atoms with E-state index in [1.807, 2.05) is 12.3 Å². The van der Waals surface area contributed by atoms with Gasteiger partial charge in [-0.2, -0.15) is 0 Å². The SMILES string of the molecule is Cc1cccnc1C1=CCCC1. The molecule has 0 spiro atoms. The van der Waals surface area contributed by atoms with E-state index < -0.39 is 0 Å². The third-order valence-electron chi connectivity index (χ3n) is 2.35. The van der Waals surface area contributed by atoms with Gasteiger partial charge in [-0.1, -0.05) is 12.1 Å². The van der Waals surface area contributed by atoms with Crippen molar-refractivity contribution in [2.45, 2.75) is 26.2 Å². The van der Waals surface area contributed by atoms with Crippen LogP contribution in [0.3, 0.4) is 0 Å². The summed E-state index contributed by atoms with van der Waals surface area (Å²) < 4.78 is 0. The Morgan fingerprint density at radius 3 is 3.00 bits per heavy atom. The van der Waals surface area contributed by atoms with Crippen molar-refractivity contribution in [3.8, 4) is 0 Å². The fourth-order valence-corrected chi connectivity index (χ4v) is 1.71. The zero-order chi connectivity index (χ0) is 8.39. The monoisotopic (exact) mass is 159 g/mol. The van der Waals surface area contributed by atoms with Crippen LogP contribution in [0.5, 0.6) is 0 Å². The second-order valence-corrected chi connectivity index (χ2v) is 3.29. The molecule has 0 N–H and O–H groups in total. The molecule has 62 valence electrons. The van der Waals surface area contributed by atoms with Crippen LogP contribution in [-0.2, 0) is 0 Å². The minimum absolute atomic E-state index is 1.20. The molecule has 1 aromatic heterocycles. The Balaban J connectivity index is 2.39. The van der Waals surface area contributed by atoms with E-state index >= 15 is 0 Å². The Bertz CT molecular complexity index is 313. The van der Waals surface area contributed by atoms with Crippen molar-refractivity contribution in [1.29, 1.82) is 0 Å². The van der Waals surface area contributed by atoms with Crippen molar-refractivity contribution in [1.82, 2.24) is 4.98 Å². The quantitative estimate of drug-likeness (QED) is 0.614. The summed E-state index contributed by atoms with van der Waals surface area (Å²) in [5, 5.41) is 0. The van der Waals surface area contributed by atoms with Crippen molar-refractivity contribution < 1.29 is 0 Å². The van der Waals surface area contributed by atoms with E-state index in [1.54, 1.807) is 0 Å². The molecule has 12 heavy (non-hydrogen) atoms. The van der Waals surface area contributed by atoms with Gasteiger partial charge in [0.2, 0.25) is 0 Å². The van der Waals surface area contributed by atoms with Gasteiger partial charge < -0.3 is 0 Å². The third-order valence-corrected chi connectivity index (χ3v) is 2.35. The van der Waals surface area contributed by atoms with E-state index in [0.29, 0.717) is 0 Å². The van der Waals surface area contributed by atoms with Crippen molar-refractivity contribution in [3.05, 3.63) is 35.7 Å². The first-order valence-corrected chi connectivity index (χ1v) is 4.49. The molecule has 0 saturated carbocycles. The largest absolute Gasteiger partial charge is 0.256 e. The average molecular weight is 159 g/mol. The van der Waals surface area contributed by atoms with E-state index in [4.69, 9.17) is 0 Å². The highest BCUT2D eigenvalue weighted by atomic mass is 14.7. The lowest BCUT2D eigenvalue weighted by Crippen LogP contribution is -1.89. The molecule has 1 heterocycles. The van der Waals surface area contributed by atoms with Crippen molar-refractivity contribution in [3.63, 3.8) is 0 Å². The van der Waals surface area contributed by atoms with Gasteiger partial charge in [-0.3, -0.25) is 4.98 Å². The molecule has 0 amide bonds. The van der Waals surface area contributed by atoms with Crippen LogP contribution < -0.4 is 0 Å². The van der Waals surface area contributed by atoms with Gasteiger partial charge in [0.1, 0.15) is 0 Å². The van der Waals surface area contributed by atoms with Crippen LogP contribution >= 0.6 is 0 Å². The molecule has 0 radical (unpaired) electrons. The lowest BCUT2D eigenvalue weighted by molar-refractivity contribution is 0.932. The highest BCUT2D eigenvalue weighted by molar-refractivity contribution is 5.66. The van der Waals surface area contributed by atoms with Crippen LogP contribution in [0.2, 0.25) is 0 Å². The minimum Gasteiger partial charge on any atom is -0.256 e. The predicted molar refractivity (Wildman–Crippen MR) is 50.8 cm³/mol. The summed E-state index contributed by atoms with van der Waals surface area (Å²) in [5.74, 6) is 0. The van der Waals surface area contributed by atoms with Gasteiger partial charge in [0, 0.05) is 6.20 Å². The molecule has 0 bridgehead atoms. The molecule has 1 nitrogen and oxygen atoms in total. The van der Waals surface area contributed by atoms with Crippen molar-refractivity contribution in [2.24, 2.45) is 0 Å². The lowest BCUT2D eigenvalue weighted by atomic mass is 10.1. The third kappa shape index (κ3) is 1.27. The van der Waals surface area contributed by atoms with Gasteiger partial charge in [-0.05, 0) is 43.4 Å². The van der Waals surface area contributed by atoms with Crippen LogP contribution in [0.4, 0.5) is 0 Å². The van der Waals surface area contributed by atoms with E-state index in [-0.39, 0.29) is 0 Å². The number of rotatable bonds is 1. The number of hydrogen-bond acceptors (Lipinski definition) is 1. The maximum Gasteiger partial charge on any atom is 0.0687 e. The smallest absolute Gasteiger partial charge is 0.0687 e. The summed E-state index contributed by atoms with van der Waals surface area (Å²) in [4.78, 5) is 4.39. The molecule has 1 aromatic rings. The first-order valence-electron chi connectivity index (χ1n) is 4.49. The number of allylic oxidation sites excluding steroid dienone is 2. The first-order chi connectivity index (χ1) is 5.88. The topological polar surface area (TPSA) is 12.9 Å². The van der Waals surface area contributed by atoms with Crippen LogP contribution in [0, 0.1) is 6.92 Å². The van der Waals surface area contributed by atoms with E-state index in [0.717, 1.165) is 0 Å². The van der Waals surface area contributed by atoms with Gasteiger partial charge in [-0.25, -0.2) is 0 Å². The molecule has 0 aliphatic heterocycles. The van der Waals surface area contributed by atoms with Gasteiger partial charge in [0.05, 0.1) is 5.69 Å². The molecular weight excluding hydrogens is 146 g/mol. The average Bonchev–Trinajstić information content (AvgIpc) is 2.57. The highest BCUT2D eigenvalue weighted by Crippen LogP contribution is 2.27. The normalized spacial score (nSPS) is 16.2. The van der Waals surface area contributed by atoms with Crippen LogP contribution in [0.15, 0.2) is 24.4 Å². The summed E-state index contributed by atoms with van der Waals surface area (Å²) in [5.41, 5.74) is 3.94. The maximum absolute atomic E-state index is 4.39. The van der Waals surface area contributed by atoms with Crippen molar-refractivity contribution in [2.75, 3.05) is 0 Å². The first kappa shape index (κ1) is 7.53. The fraction of sp³-hybridized carbons (Fsp3) is 0.364. The zero-order valence-electron chi connectivity index (χ0n) is 7.38. The van der Waals surface area contributed by atoms with Gasteiger partial charge in [-0.15, -0.1) is 0 Å². The number of pyridine rings is 1. The Morgan fingerprint density at radius 2 is 2.33 bits per heavy atom. The number of aryl methyl sites for hydroxylation is 1. The molecule has 0 atom stereocenters. The summed E-state index contributed by atoms with van der Waals surface area (Å²) in [6.45, 7) is 2.13. The molecule has 1 aliphatic rings. The van der Waals surface area contributed by atoms with E-state index in [1.165, 1.54) is 36.1 Å². The fourth-order valence-electron chi connectivity index (χ4n) is 1.71. The molecular formula is C11H13N. The predicted octanol–water partition coefficient (Wildman–Crippen LogP) is 2.96. The number of nitrogens with zero attached hydrogens (tertiary/aromatic N) is 1. The standard InChI is InChI=1S/C11H13N/c1-9-5-4-8-12-11(9)10-6-2-3-7-10/h4-6,8H,2-3,7H2,1H3. The van der Waals surface area contributed by atoms with Crippen LogP contribution in [0.1, 0.15) is 30.5 Å². The summed E-state index contributed by atoms with van der Waals surface area (Å²) in [6, 6.07) is 4.12. The zero-order valence-corrected chi connectivity index (χ0v) is 7.38. The molecule has 2 rings (SSSR count). The Morgan fingerprint density at radius 1 is 1.42 bits per heavy atom. The lowest BCUT2D eigenvalue weighted by Gasteiger charge is -2.03. The summed E-state index contributed by atoms with van der Waals surface area (Å²) >= 11 is 0. The Labute approximate surface area is 73.1 Å². The molecule has 1 aliphatic carbocycles. The summed E-state index contributed by atoms with van der Waals surface area (Å²) in [7, 11) is 0. The maximum atomic E-state index is 4.39. The number of hydrogen-bond donors (Lipinski definition) is 0. The number of aromatic nitrogens is 1. The van der Waals surface area contributed by atoms with Gasteiger partial charge in [0.25, 0.3) is 0 Å². The molecule has 1 heteroatoms. The molecule has 0 saturated heterocycles. The van der Waals surface area contributed by atoms with E-state index in [9.17, 15) is 0 Å².